The van der Waals surface area contributed by atoms with E-state index in [-0.39, 0.29) is 18.4 Å². The van der Waals surface area contributed by atoms with Gasteiger partial charge in [0.15, 0.2) is 0 Å². The fraction of sp³-hybridized carbons (Fsp3) is 0.350. The number of carbonyl (C=O) groups excluding carboxylic acids is 1. The molecule has 1 aromatic carbocycles. The lowest BCUT2D eigenvalue weighted by Gasteiger charge is -2.32. The van der Waals surface area contributed by atoms with Gasteiger partial charge in [0.1, 0.15) is 5.54 Å². The van der Waals surface area contributed by atoms with Crippen LogP contribution >= 0.6 is 0 Å². The van der Waals surface area contributed by atoms with Crippen molar-refractivity contribution >= 4 is 11.9 Å². The number of benzene rings is 1. The van der Waals surface area contributed by atoms with Crippen molar-refractivity contribution in [3.63, 3.8) is 0 Å². The third-order valence-corrected chi connectivity index (χ3v) is 5.35. The van der Waals surface area contributed by atoms with Crippen LogP contribution in [-0.2, 0) is 16.1 Å². The molecule has 26 heavy (non-hydrogen) atoms. The summed E-state index contributed by atoms with van der Waals surface area (Å²) in [4.78, 5) is 30.6. The van der Waals surface area contributed by atoms with Crippen molar-refractivity contribution in [1.29, 1.82) is 0 Å². The Bertz CT molecular complexity index is 781. The van der Waals surface area contributed by atoms with E-state index in [9.17, 15) is 14.7 Å². The summed E-state index contributed by atoms with van der Waals surface area (Å²) in [6, 6.07) is 13.0. The van der Waals surface area contributed by atoms with E-state index in [2.05, 4.69) is 10.3 Å². The topological polar surface area (TPSA) is 82.5 Å². The average molecular weight is 353 g/mol. The number of pyridine rings is 1. The summed E-state index contributed by atoms with van der Waals surface area (Å²) in [5, 5.41) is 12.7. The summed E-state index contributed by atoms with van der Waals surface area (Å²) in [6.07, 6.45) is 3.62. The van der Waals surface area contributed by atoms with Gasteiger partial charge in [-0.05, 0) is 43.7 Å². The third-order valence-electron chi connectivity index (χ3n) is 5.35. The first-order chi connectivity index (χ1) is 12.4. The molecular formula is C20H23N3O3. The zero-order valence-corrected chi connectivity index (χ0v) is 14.9. The van der Waals surface area contributed by atoms with E-state index in [1.165, 1.54) is 0 Å². The van der Waals surface area contributed by atoms with Crippen molar-refractivity contribution in [3.8, 4) is 0 Å². The smallest absolute Gasteiger partial charge is 0.323 e. The van der Waals surface area contributed by atoms with Gasteiger partial charge in [0, 0.05) is 25.0 Å². The zero-order chi connectivity index (χ0) is 18.7. The second kappa shape index (κ2) is 7.25. The number of rotatable bonds is 5. The molecule has 0 bridgehead atoms. The van der Waals surface area contributed by atoms with E-state index in [4.69, 9.17) is 0 Å². The first-order valence-corrected chi connectivity index (χ1v) is 8.61. The molecule has 6 nitrogen and oxygen atoms in total. The van der Waals surface area contributed by atoms with E-state index in [1.54, 1.807) is 31.3 Å². The number of carboxylic acids is 1. The number of carboxylic acid groups (broad SMARTS) is 1. The highest BCUT2D eigenvalue weighted by Crippen LogP contribution is 2.45. The summed E-state index contributed by atoms with van der Waals surface area (Å²) in [7, 11) is 1.78. The number of hydrogen-bond donors (Lipinski definition) is 2. The van der Waals surface area contributed by atoms with E-state index in [1.807, 2.05) is 42.5 Å². The van der Waals surface area contributed by atoms with Crippen molar-refractivity contribution in [2.75, 3.05) is 7.05 Å². The minimum absolute atomic E-state index is 0.132. The van der Waals surface area contributed by atoms with Crippen molar-refractivity contribution < 1.29 is 14.7 Å². The van der Waals surface area contributed by atoms with Crippen LogP contribution in [0.4, 0.5) is 0 Å². The molecule has 2 heterocycles. The third kappa shape index (κ3) is 3.32. The van der Waals surface area contributed by atoms with Crippen LogP contribution in [0.5, 0.6) is 0 Å². The summed E-state index contributed by atoms with van der Waals surface area (Å²) >= 11 is 0. The number of likely N-dealkylation sites (N-methyl/N-ethyl adjacent to an activating group) is 1. The molecule has 2 N–H and O–H groups in total. The molecule has 1 saturated heterocycles. The quantitative estimate of drug-likeness (QED) is 0.861. The Balaban J connectivity index is 1.84. The maximum absolute atomic E-state index is 12.9. The molecule has 1 fully saturated rings. The largest absolute Gasteiger partial charge is 0.480 e. The van der Waals surface area contributed by atoms with Gasteiger partial charge in [0.05, 0.1) is 5.92 Å². The average Bonchev–Trinajstić information content (AvgIpc) is 2.94. The predicted octanol–water partition coefficient (Wildman–Crippen LogP) is 2.23. The van der Waals surface area contributed by atoms with Crippen LogP contribution in [0, 0.1) is 5.92 Å². The number of aromatic nitrogens is 1. The summed E-state index contributed by atoms with van der Waals surface area (Å²) in [6.45, 7) is 2.08. The second-order valence-electron chi connectivity index (χ2n) is 6.93. The van der Waals surface area contributed by atoms with Gasteiger partial charge in [0.2, 0.25) is 5.91 Å². The number of nitrogens with zero attached hydrogens (tertiary/aromatic N) is 2. The van der Waals surface area contributed by atoms with Crippen LogP contribution in [0.15, 0.2) is 54.9 Å². The van der Waals surface area contributed by atoms with Crippen LogP contribution in [0.3, 0.4) is 0 Å². The predicted molar refractivity (Wildman–Crippen MR) is 97.2 cm³/mol. The van der Waals surface area contributed by atoms with E-state index < -0.39 is 17.4 Å². The first kappa shape index (κ1) is 18.1. The van der Waals surface area contributed by atoms with Crippen molar-refractivity contribution in [1.82, 2.24) is 15.2 Å². The number of nitrogens with one attached hydrogen (secondary N) is 1. The molecule has 1 amide bonds. The Labute approximate surface area is 152 Å². The Morgan fingerprint density at radius 1 is 1.23 bits per heavy atom. The Morgan fingerprint density at radius 3 is 2.50 bits per heavy atom. The zero-order valence-electron chi connectivity index (χ0n) is 14.9. The first-order valence-electron chi connectivity index (χ1n) is 8.61. The standard InChI is InChI=1S/C20H23N3O3/c1-20(19(25)26)12-16(17(23(20)2)15-6-4-3-5-7-15)18(24)22-13-14-8-10-21-11-9-14/h3-11,16-17H,12-13H2,1-2H3,(H,22,24)(H,25,26)/t16-,17-,20-/m1/s1. The summed E-state index contributed by atoms with van der Waals surface area (Å²) < 4.78 is 0. The monoisotopic (exact) mass is 353 g/mol. The van der Waals surface area contributed by atoms with Crippen molar-refractivity contribution in [2.24, 2.45) is 5.92 Å². The van der Waals surface area contributed by atoms with Gasteiger partial charge in [-0.2, -0.15) is 0 Å². The molecule has 0 unspecified atom stereocenters. The van der Waals surface area contributed by atoms with Crippen LogP contribution in [-0.4, -0.2) is 39.5 Å². The Hall–Kier alpha value is -2.73. The van der Waals surface area contributed by atoms with Crippen LogP contribution < -0.4 is 5.32 Å². The molecule has 136 valence electrons. The highest BCUT2D eigenvalue weighted by atomic mass is 16.4. The molecule has 0 aliphatic carbocycles. The Kier molecular flexibility index (Phi) is 5.04. The molecule has 3 rings (SSSR count). The number of likely N-dealkylation sites (tertiary alicyclic amines) is 1. The van der Waals surface area contributed by atoms with Gasteiger partial charge in [0.25, 0.3) is 0 Å². The molecule has 1 aromatic heterocycles. The highest BCUT2D eigenvalue weighted by Gasteiger charge is 2.54. The normalized spacial score (nSPS) is 25.8. The molecule has 2 aromatic rings. The summed E-state index contributed by atoms with van der Waals surface area (Å²) in [5.41, 5.74) is 0.820. The van der Waals surface area contributed by atoms with Crippen LogP contribution in [0.2, 0.25) is 0 Å². The maximum Gasteiger partial charge on any atom is 0.323 e. The lowest BCUT2D eigenvalue weighted by molar-refractivity contribution is -0.148. The summed E-state index contributed by atoms with van der Waals surface area (Å²) in [5.74, 6) is -1.48. The molecule has 6 heteroatoms. The molecule has 1 aliphatic heterocycles. The molecule has 1 aliphatic rings. The lowest BCUT2D eigenvalue weighted by Crippen LogP contribution is -2.46. The number of amides is 1. The molecule has 0 radical (unpaired) electrons. The Morgan fingerprint density at radius 2 is 1.88 bits per heavy atom. The van der Waals surface area contributed by atoms with E-state index in [0.717, 1.165) is 11.1 Å². The van der Waals surface area contributed by atoms with Crippen molar-refractivity contribution in [3.05, 3.63) is 66.0 Å². The van der Waals surface area contributed by atoms with Crippen LogP contribution in [0.25, 0.3) is 0 Å². The fourth-order valence-corrected chi connectivity index (χ4v) is 3.66. The van der Waals surface area contributed by atoms with Gasteiger partial charge >= 0.3 is 5.97 Å². The molecule has 0 saturated carbocycles. The van der Waals surface area contributed by atoms with Gasteiger partial charge in [-0.1, -0.05) is 30.3 Å². The van der Waals surface area contributed by atoms with E-state index in [0.29, 0.717) is 6.54 Å². The van der Waals surface area contributed by atoms with Gasteiger partial charge < -0.3 is 10.4 Å². The SMILES string of the molecule is CN1[C@H](c2ccccc2)[C@H](C(=O)NCc2ccncc2)C[C@]1(C)C(=O)O. The second-order valence-corrected chi connectivity index (χ2v) is 6.93. The molecule has 3 atom stereocenters. The maximum atomic E-state index is 12.9. The molecule has 0 spiro atoms. The minimum atomic E-state index is -1.08. The van der Waals surface area contributed by atoms with Crippen LogP contribution in [0.1, 0.15) is 30.5 Å². The van der Waals surface area contributed by atoms with Gasteiger partial charge in [-0.3, -0.25) is 19.5 Å². The van der Waals surface area contributed by atoms with Gasteiger partial charge in [-0.15, -0.1) is 0 Å². The van der Waals surface area contributed by atoms with Crippen molar-refractivity contribution in [2.45, 2.75) is 31.5 Å². The minimum Gasteiger partial charge on any atom is -0.480 e. The van der Waals surface area contributed by atoms with Gasteiger partial charge in [-0.25, -0.2) is 0 Å². The number of aliphatic carboxylic acids is 1. The highest BCUT2D eigenvalue weighted by molar-refractivity contribution is 5.85. The molecular weight excluding hydrogens is 330 g/mol. The van der Waals surface area contributed by atoms with E-state index >= 15 is 0 Å². The number of hydrogen-bond acceptors (Lipinski definition) is 4. The lowest BCUT2D eigenvalue weighted by atomic mass is 9.89. The fourth-order valence-electron chi connectivity index (χ4n) is 3.66. The number of carbonyl (C=O) groups is 2.